The van der Waals surface area contributed by atoms with Crippen LogP contribution in [0.15, 0.2) is 97.1 Å². The van der Waals surface area contributed by atoms with Crippen LogP contribution in [0, 0.1) is 0 Å². The molecule has 0 aliphatic carbocycles. The molecule has 1 heterocycles. The molecule has 5 aromatic rings. The summed E-state index contributed by atoms with van der Waals surface area (Å²) in [5, 5.41) is 0. The van der Waals surface area contributed by atoms with E-state index in [1.165, 1.54) is 0 Å². The minimum absolute atomic E-state index is 0.0848. The fraction of sp³-hybridized carbons (Fsp3) is 0.282. The van der Waals surface area contributed by atoms with Crippen LogP contribution in [0.25, 0.3) is 33.9 Å². The molecule has 0 radical (unpaired) electrons. The number of rotatable bonds is 18. The average Bonchev–Trinajstić information content (AvgIpc) is 3.51. The number of aromatic nitrogens is 2. The third-order valence-electron chi connectivity index (χ3n) is 7.93. The van der Waals surface area contributed by atoms with Gasteiger partial charge >= 0.3 is 0 Å². The molecule has 0 saturated carbocycles. The van der Waals surface area contributed by atoms with Crippen molar-refractivity contribution in [3.05, 3.63) is 108 Å². The lowest BCUT2D eigenvalue weighted by Gasteiger charge is -2.17. The first-order chi connectivity index (χ1) is 23.6. The molecule has 2 N–H and O–H groups in total. The highest BCUT2D eigenvalue weighted by Gasteiger charge is 2.24. The van der Waals surface area contributed by atoms with Crippen molar-refractivity contribution < 1.29 is 28.5 Å². The fourth-order valence-corrected chi connectivity index (χ4v) is 5.59. The van der Waals surface area contributed by atoms with Crippen LogP contribution in [-0.2, 0) is 16.0 Å². The number of hydrogen-bond acceptors (Lipinski definition) is 8. The highest BCUT2D eigenvalue weighted by Crippen LogP contribution is 2.43. The van der Waals surface area contributed by atoms with Gasteiger partial charge in [-0.2, -0.15) is 0 Å². The summed E-state index contributed by atoms with van der Waals surface area (Å²) in [7, 11) is 4.80. The Hall–Kier alpha value is -4.96. The second kappa shape index (κ2) is 17.3. The summed E-state index contributed by atoms with van der Waals surface area (Å²) in [6.45, 7) is 3.02. The second-order valence-corrected chi connectivity index (χ2v) is 11.1. The number of ether oxygens (including phenoxy) is 5. The van der Waals surface area contributed by atoms with Crippen molar-refractivity contribution in [3.63, 3.8) is 0 Å². The van der Waals surface area contributed by atoms with Gasteiger partial charge in [-0.15, -0.1) is 0 Å². The Morgan fingerprint density at radius 1 is 0.708 bits per heavy atom. The minimum Gasteiger partial charge on any atom is -0.493 e. The molecule has 0 aliphatic rings. The summed E-state index contributed by atoms with van der Waals surface area (Å²) in [5.74, 6) is 2.41. The monoisotopic (exact) mass is 649 g/mol. The fourth-order valence-electron chi connectivity index (χ4n) is 5.59. The Kier molecular flexibility index (Phi) is 12.4. The van der Waals surface area contributed by atoms with E-state index in [9.17, 15) is 4.79 Å². The molecular weight excluding hydrogens is 606 g/mol. The van der Waals surface area contributed by atoms with Gasteiger partial charge in [-0.3, -0.25) is 4.79 Å². The molecule has 0 fully saturated rings. The zero-order valence-electron chi connectivity index (χ0n) is 27.8. The molecule has 0 atom stereocenters. The lowest BCUT2D eigenvalue weighted by Crippen LogP contribution is -2.12. The van der Waals surface area contributed by atoms with Crippen LogP contribution in [-0.4, -0.2) is 69.6 Å². The van der Waals surface area contributed by atoms with Gasteiger partial charge in [0.1, 0.15) is 5.82 Å². The van der Waals surface area contributed by atoms with E-state index < -0.39 is 0 Å². The topological polar surface area (TPSA) is 107 Å². The van der Waals surface area contributed by atoms with E-state index in [1.54, 1.807) is 21.3 Å². The number of methoxy groups -OCH3 is 3. The Morgan fingerprint density at radius 3 is 1.90 bits per heavy atom. The molecule has 0 bridgehead atoms. The molecule has 0 unspecified atom stereocenters. The quantitative estimate of drug-likeness (QED) is 0.0806. The van der Waals surface area contributed by atoms with Gasteiger partial charge in [0.25, 0.3) is 0 Å². The summed E-state index contributed by atoms with van der Waals surface area (Å²) in [5.41, 5.74) is 11.8. The highest BCUT2D eigenvalue weighted by molar-refractivity contribution is 5.96. The van der Waals surface area contributed by atoms with E-state index in [-0.39, 0.29) is 5.78 Å². The van der Waals surface area contributed by atoms with Crippen LogP contribution in [0.4, 0.5) is 0 Å². The number of imidazole rings is 1. The van der Waals surface area contributed by atoms with Gasteiger partial charge < -0.3 is 34.0 Å². The van der Waals surface area contributed by atoms with Crippen molar-refractivity contribution in [3.8, 4) is 51.2 Å². The number of nitrogens with two attached hydrogens (primary N) is 1. The normalized spacial score (nSPS) is 11.0. The van der Waals surface area contributed by atoms with Gasteiger partial charge in [0.2, 0.25) is 5.75 Å². The molecule has 9 heteroatoms. The van der Waals surface area contributed by atoms with Crippen molar-refractivity contribution in [2.45, 2.75) is 19.4 Å². The van der Waals surface area contributed by atoms with E-state index in [0.29, 0.717) is 75.2 Å². The van der Waals surface area contributed by atoms with Crippen LogP contribution in [0.5, 0.6) is 17.2 Å². The third kappa shape index (κ3) is 8.30. The predicted molar refractivity (Wildman–Crippen MR) is 188 cm³/mol. The molecule has 0 aliphatic heterocycles. The van der Waals surface area contributed by atoms with Crippen LogP contribution in [0.3, 0.4) is 0 Å². The van der Waals surface area contributed by atoms with Crippen LogP contribution in [0.2, 0.25) is 0 Å². The van der Waals surface area contributed by atoms with E-state index in [0.717, 1.165) is 39.5 Å². The average molecular weight is 650 g/mol. The summed E-state index contributed by atoms with van der Waals surface area (Å²) in [6, 6.07) is 32.1. The minimum atomic E-state index is 0.0848. The number of Topliss-reactive ketones (excluding diaryl/α,β-unsaturated/α-hetero) is 1. The van der Waals surface area contributed by atoms with Gasteiger partial charge in [0.05, 0.1) is 52.5 Å². The number of nitrogens with zero attached hydrogens (tertiary/aromatic N) is 2. The Bertz CT molecular complexity index is 1730. The van der Waals surface area contributed by atoms with Gasteiger partial charge in [-0.05, 0) is 24.1 Å². The van der Waals surface area contributed by atoms with Crippen molar-refractivity contribution in [1.82, 2.24) is 9.55 Å². The molecule has 0 amide bonds. The summed E-state index contributed by atoms with van der Waals surface area (Å²) in [4.78, 5) is 18.2. The molecule has 0 spiro atoms. The van der Waals surface area contributed by atoms with Gasteiger partial charge in [0.15, 0.2) is 17.3 Å². The first-order valence-corrected chi connectivity index (χ1v) is 16.1. The first kappa shape index (κ1) is 34.4. The van der Waals surface area contributed by atoms with E-state index in [4.69, 9.17) is 34.4 Å². The maximum atomic E-state index is 13.0. The zero-order valence-corrected chi connectivity index (χ0v) is 27.8. The van der Waals surface area contributed by atoms with Crippen LogP contribution < -0.4 is 19.9 Å². The van der Waals surface area contributed by atoms with Gasteiger partial charge in [-0.1, -0.05) is 84.9 Å². The predicted octanol–water partition coefficient (Wildman–Crippen LogP) is 6.91. The Labute approximate surface area is 282 Å². The lowest BCUT2D eigenvalue weighted by molar-refractivity contribution is 0.0489. The molecule has 48 heavy (non-hydrogen) atoms. The Morgan fingerprint density at radius 2 is 1.31 bits per heavy atom. The molecule has 250 valence electrons. The smallest absolute Gasteiger partial charge is 0.203 e. The number of carbonyl (C=O) groups is 1. The van der Waals surface area contributed by atoms with Crippen molar-refractivity contribution in [2.24, 2.45) is 5.73 Å². The third-order valence-corrected chi connectivity index (χ3v) is 7.93. The van der Waals surface area contributed by atoms with Crippen LogP contribution >= 0.6 is 0 Å². The maximum absolute atomic E-state index is 13.0. The molecule has 5 rings (SSSR count). The van der Waals surface area contributed by atoms with Crippen molar-refractivity contribution >= 4 is 5.78 Å². The largest absolute Gasteiger partial charge is 0.493 e. The number of carbonyl (C=O) groups excluding carboxylic acids is 1. The molecule has 1 aromatic heterocycles. The van der Waals surface area contributed by atoms with Crippen molar-refractivity contribution in [2.75, 3.05) is 54.3 Å². The zero-order chi connectivity index (χ0) is 33.7. The van der Waals surface area contributed by atoms with E-state index >= 15 is 0 Å². The van der Waals surface area contributed by atoms with E-state index in [2.05, 4.69) is 28.8 Å². The summed E-state index contributed by atoms with van der Waals surface area (Å²) >= 11 is 0. The second-order valence-electron chi connectivity index (χ2n) is 11.1. The lowest BCUT2D eigenvalue weighted by atomic mass is 10.0. The van der Waals surface area contributed by atoms with Gasteiger partial charge in [0, 0.05) is 48.4 Å². The number of ketones is 1. The first-order valence-electron chi connectivity index (χ1n) is 16.1. The molecular formula is C39H43N3O6. The molecule has 9 nitrogen and oxygen atoms in total. The highest BCUT2D eigenvalue weighted by atomic mass is 16.5. The maximum Gasteiger partial charge on any atom is 0.203 e. The van der Waals surface area contributed by atoms with Crippen molar-refractivity contribution in [1.29, 1.82) is 0 Å². The number of hydrogen-bond donors (Lipinski definition) is 1. The molecule has 4 aromatic carbocycles. The summed E-state index contributed by atoms with van der Waals surface area (Å²) < 4.78 is 30.1. The molecule has 0 saturated heterocycles. The SMILES string of the molecule is COc1cc(-c2nc(-c3ccccc3)c(-c3ccccc3)n2Cc2ccc(C(=O)CCCOCCOCCN)cc2)cc(OC)c1OC. The summed E-state index contributed by atoms with van der Waals surface area (Å²) in [6.07, 6.45) is 1.06. The van der Waals surface area contributed by atoms with E-state index in [1.807, 2.05) is 72.8 Å². The van der Waals surface area contributed by atoms with Crippen LogP contribution in [0.1, 0.15) is 28.8 Å². The standard InChI is InChI=1S/C39H43N3O6/c1-44-34-25-32(26-35(45-2)38(34)46-3)39-41-36(30-11-6-4-7-12-30)37(31-13-8-5-9-14-31)42(39)27-28-16-18-29(19-17-28)33(43)15-10-21-47-23-24-48-22-20-40/h4-9,11-14,16-19,25-26H,10,15,20-24,27,40H2,1-3H3. The number of benzene rings is 4. The Balaban J connectivity index is 1.49. The van der Waals surface area contributed by atoms with Gasteiger partial charge in [-0.25, -0.2) is 4.98 Å².